The van der Waals surface area contributed by atoms with E-state index in [1.807, 2.05) is 18.5 Å². The number of likely N-dealkylation sites (tertiary alicyclic amines) is 1. The second kappa shape index (κ2) is 8.39. The molecule has 7 nitrogen and oxygen atoms in total. The lowest BCUT2D eigenvalue weighted by molar-refractivity contribution is 0.116. The Labute approximate surface area is 179 Å². The molecule has 8 heteroatoms. The third kappa shape index (κ3) is 3.98. The van der Waals surface area contributed by atoms with E-state index in [2.05, 4.69) is 31.5 Å². The Hall–Kier alpha value is -3.39. The van der Waals surface area contributed by atoms with Crippen LogP contribution >= 0.6 is 0 Å². The molecule has 0 N–H and O–H groups in total. The molecule has 2 atom stereocenters. The molecule has 0 radical (unpaired) electrons. The zero-order chi connectivity index (χ0) is 21.2. The number of hydrogen-bond acceptors (Lipinski definition) is 6. The Morgan fingerprint density at radius 2 is 2.00 bits per heavy atom. The van der Waals surface area contributed by atoms with Crippen LogP contribution in [-0.2, 0) is 6.54 Å². The number of nitrogens with zero attached hydrogens (tertiary/aromatic N) is 6. The SMILES string of the molecule is CC1CC(n2cnc(-c3ccc(F)cc3)c2-c2ccncn2)CCN1Cc1ccon1. The van der Waals surface area contributed by atoms with E-state index in [1.165, 1.54) is 12.1 Å². The molecule has 3 aromatic heterocycles. The average Bonchev–Trinajstić information content (AvgIpc) is 3.46. The van der Waals surface area contributed by atoms with Gasteiger partial charge in [-0.15, -0.1) is 0 Å². The molecule has 0 bridgehead atoms. The highest BCUT2D eigenvalue weighted by atomic mass is 19.1. The van der Waals surface area contributed by atoms with Gasteiger partial charge in [-0.3, -0.25) is 4.90 Å². The van der Waals surface area contributed by atoms with Crippen molar-refractivity contribution in [3.8, 4) is 22.6 Å². The van der Waals surface area contributed by atoms with Crippen molar-refractivity contribution in [3.05, 3.63) is 73.0 Å². The van der Waals surface area contributed by atoms with Crippen LogP contribution in [0.25, 0.3) is 22.6 Å². The van der Waals surface area contributed by atoms with Crippen molar-refractivity contribution in [2.45, 2.75) is 38.4 Å². The summed E-state index contributed by atoms with van der Waals surface area (Å²) >= 11 is 0. The Kier molecular flexibility index (Phi) is 5.30. The molecule has 2 unspecified atom stereocenters. The lowest BCUT2D eigenvalue weighted by Gasteiger charge is -2.38. The molecule has 158 valence electrons. The first-order valence-electron chi connectivity index (χ1n) is 10.4. The van der Waals surface area contributed by atoms with E-state index >= 15 is 0 Å². The van der Waals surface area contributed by atoms with E-state index < -0.39 is 0 Å². The van der Waals surface area contributed by atoms with Gasteiger partial charge in [-0.05, 0) is 50.1 Å². The minimum Gasteiger partial charge on any atom is -0.364 e. The molecule has 1 fully saturated rings. The summed E-state index contributed by atoms with van der Waals surface area (Å²) in [6.07, 6.45) is 8.75. The quantitative estimate of drug-likeness (QED) is 0.480. The second-order valence-corrected chi connectivity index (χ2v) is 7.94. The third-order valence-corrected chi connectivity index (χ3v) is 5.97. The maximum absolute atomic E-state index is 13.5. The van der Waals surface area contributed by atoms with Crippen LogP contribution in [-0.4, -0.2) is 42.2 Å². The number of imidazole rings is 1. The largest absolute Gasteiger partial charge is 0.364 e. The summed E-state index contributed by atoms with van der Waals surface area (Å²) in [6, 6.07) is 10.9. The Morgan fingerprint density at radius 1 is 1.13 bits per heavy atom. The van der Waals surface area contributed by atoms with Crippen LogP contribution < -0.4 is 0 Å². The van der Waals surface area contributed by atoms with Crippen LogP contribution in [0, 0.1) is 5.82 Å². The fraction of sp³-hybridized carbons (Fsp3) is 0.304. The molecule has 1 saturated heterocycles. The zero-order valence-electron chi connectivity index (χ0n) is 17.2. The predicted molar refractivity (Wildman–Crippen MR) is 113 cm³/mol. The molecule has 4 aromatic rings. The summed E-state index contributed by atoms with van der Waals surface area (Å²) in [4.78, 5) is 15.7. The van der Waals surface area contributed by atoms with E-state index in [9.17, 15) is 4.39 Å². The number of halogens is 1. The number of aromatic nitrogens is 5. The van der Waals surface area contributed by atoms with Gasteiger partial charge in [0.1, 0.15) is 18.4 Å². The minimum atomic E-state index is -0.264. The summed E-state index contributed by atoms with van der Waals surface area (Å²) < 4.78 is 20.7. The first kappa shape index (κ1) is 19.6. The standard InChI is InChI=1S/C23H23FN6O/c1-16-12-20(7-10-29(16)13-19-8-11-31-28-19)30-15-27-22(17-2-4-18(24)5-3-17)23(30)21-6-9-25-14-26-21/h2-6,8-9,11,14-16,20H,7,10,12-13H2,1H3. The fourth-order valence-electron chi connectivity index (χ4n) is 4.35. The van der Waals surface area contributed by atoms with E-state index in [0.29, 0.717) is 6.04 Å². The fourth-order valence-corrected chi connectivity index (χ4v) is 4.35. The van der Waals surface area contributed by atoms with Gasteiger partial charge >= 0.3 is 0 Å². The number of benzene rings is 1. The van der Waals surface area contributed by atoms with Gasteiger partial charge in [0.05, 0.1) is 29.1 Å². The predicted octanol–water partition coefficient (Wildman–Crippen LogP) is 4.36. The highest BCUT2D eigenvalue weighted by Gasteiger charge is 2.29. The molecular weight excluding hydrogens is 395 g/mol. The number of piperidine rings is 1. The zero-order valence-corrected chi connectivity index (χ0v) is 17.2. The normalized spacial score (nSPS) is 19.5. The molecular formula is C23H23FN6O. The van der Waals surface area contributed by atoms with Crippen molar-refractivity contribution in [2.24, 2.45) is 0 Å². The van der Waals surface area contributed by atoms with Gasteiger partial charge in [0.25, 0.3) is 0 Å². The van der Waals surface area contributed by atoms with Gasteiger partial charge in [0.2, 0.25) is 0 Å². The van der Waals surface area contributed by atoms with Crippen molar-refractivity contribution >= 4 is 0 Å². The summed E-state index contributed by atoms with van der Waals surface area (Å²) in [5.74, 6) is -0.264. The molecule has 1 aromatic carbocycles. The Balaban J connectivity index is 1.46. The van der Waals surface area contributed by atoms with Gasteiger partial charge in [-0.2, -0.15) is 0 Å². The van der Waals surface area contributed by atoms with Crippen LogP contribution in [0.2, 0.25) is 0 Å². The molecule has 0 aliphatic carbocycles. The van der Waals surface area contributed by atoms with E-state index in [-0.39, 0.29) is 11.9 Å². The van der Waals surface area contributed by atoms with Gasteiger partial charge < -0.3 is 9.09 Å². The van der Waals surface area contributed by atoms with Crippen molar-refractivity contribution in [1.29, 1.82) is 0 Å². The molecule has 0 amide bonds. The maximum atomic E-state index is 13.5. The minimum absolute atomic E-state index is 0.264. The third-order valence-electron chi connectivity index (χ3n) is 5.97. The van der Waals surface area contributed by atoms with Gasteiger partial charge in [0.15, 0.2) is 0 Å². The summed E-state index contributed by atoms with van der Waals surface area (Å²) in [5, 5.41) is 4.05. The van der Waals surface area contributed by atoms with Crippen molar-refractivity contribution < 1.29 is 8.91 Å². The average molecular weight is 418 g/mol. The molecule has 0 spiro atoms. The van der Waals surface area contributed by atoms with Crippen molar-refractivity contribution in [3.63, 3.8) is 0 Å². The molecule has 1 aliphatic rings. The second-order valence-electron chi connectivity index (χ2n) is 7.94. The smallest absolute Gasteiger partial charge is 0.124 e. The Bertz CT molecular complexity index is 1130. The van der Waals surface area contributed by atoms with Gasteiger partial charge in [0, 0.05) is 43.0 Å². The highest BCUT2D eigenvalue weighted by Crippen LogP contribution is 2.36. The first-order valence-corrected chi connectivity index (χ1v) is 10.4. The van der Waals surface area contributed by atoms with Crippen LogP contribution in [0.15, 0.2) is 66.0 Å². The van der Waals surface area contributed by atoms with Gasteiger partial charge in [-0.1, -0.05) is 5.16 Å². The van der Waals surface area contributed by atoms with Crippen molar-refractivity contribution in [2.75, 3.05) is 6.54 Å². The molecule has 0 saturated carbocycles. The summed E-state index contributed by atoms with van der Waals surface area (Å²) in [6.45, 7) is 3.98. The van der Waals surface area contributed by atoms with E-state index in [0.717, 1.165) is 54.3 Å². The number of hydrogen-bond donors (Lipinski definition) is 0. The Morgan fingerprint density at radius 3 is 2.71 bits per heavy atom. The van der Waals surface area contributed by atoms with Crippen LogP contribution in [0.5, 0.6) is 0 Å². The van der Waals surface area contributed by atoms with Crippen LogP contribution in [0.4, 0.5) is 4.39 Å². The molecule has 5 rings (SSSR count). The molecule has 4 heterocycles. The topological polar surface area (TPSA) is 72.9 Å². The van der Waals surface area contributed by atoms with Gasteiger partial charge in [-0.25, -0.2) is 19.3 Å². The molecule has 31 heavy (non-hydrogen) atoms. The van der Waals surface area contributed by atoms with E-state index in [1.54, 1.807) is 30.9 Å². The van der Waals surface area contributed by atoms with Crippen molar-refractivity contribution in [1.82, 2.24) is 29.6 Å². The number of rotatable bonds is 5. The lowest BCUT2D eigenvalue weighted by Crippen LogP contribution is -2.40. The lowest BCUT2D eigenvalue weighted by atomic mass is 9.97. The van der Waals surface area contributed by atoms with E-state index in [4.69, 9.17) is 9.51 Å². The maximum Gasteiger partial charge on any atom is 0.124 e. The first-order chi connectivity index (χ1) is 15.2. The molecule has 1 aliphatic heterocycles. The monoisotopic (exact) mass is 418 g/mol. The summed E-state index contributed by atoms with van der Waals surface area (Å²) in [5.41, 5.74) is 4.37. The van der Waals surface area contributed by atoms with Crippen LogP contribution in [0.3, 0.4) is 0 Å². The van der Waals surface area contributed by atoms with Crippen LogP contribution in [0.1, 0.15) is 31.5 Å². The summed E-state index contributed by atoms with van der Waals surface area (Å²) in [7, 11) is 0. The highest BCUT2D eigenvalue weighted by molar-refractivity contribution is 5.76.